The molecule has 5 nitrogen and oxygen atoms in total. The van der Waals surface area contributed by atoms with E-state index in [9.17, 15) is 9.59 Å². The predicted molar refractivity (Wildman–Crippen MR) is 92.2 cm³/mol. The molecule has 0 heterocycles. The molecule has 2 rings (SSSR count). The second kappa shape index (κ2) is 8.15. The molecule has 0 spiro atoms. The predicted octanol–water partition coefficient (Wildman–Crippen LogP) is 3.04. The molecule has 0 saturated heterocycles. The van der Waals surface area contributed by atoms with E-state index in [4.69, 9.17) is 9.47 Å². The van der Waals surface area contributed by atoms with Crippen LogP contribution in [0, 0.1) is 13.8 Å². The van der Waals surface area contributed by atoms with Gasteiger partial charge in [0.1, 0.15) is 5.75 Å². The van der Waals surface area contributed by atoms with E-state index in [-0.39, 0.29) is 13.0 Å². The standard InChI is InChI=1S/C19H21NO4/c1-13-8-9-17(23-3)16(10-13)20-18(21)12-24-19(22)11-15-7-5-4-6-14(15)2/h4-10H,11-12H2,1-3H3,(H,20,21). The van der Waals surface area contributed by atoms with E-state index in [0.29, 0.717) is 11.4 Å². The number of rotatable bonds is 6. The summed E-state index contributed by atoms with van der Waals surface area (Å²) in [7, 11) is 1.53. The van der Waals surface area contributed by atoms with E-state index < -0.39 is 11.9 Å². The van der Waals surface area contributed by atoms with Gasteiger partial charge in [0.05, 0.1) is 19.2 Å². The smallest absolute Gasteiger partial charge is 0.310 e. The number of methoxy groups -OCH3 is 1. The minimum atomic E-state index is -0.435. The van der Waals surface area contributed by atoms with Crippen molar-refractivity contribution in [1.29, 1.82) is 0 Å². The van der Waals surface area contributed by atoms with Crippen molar-refractivity contribution in [3.63, 3.8) is 0 Å². The van der Waals surface area contributed by atoms with Gasteiger partial charge in [0, 0.05) is 0 Å². The lowest BCUT2D eigenvalue weighted by Crippen LogP contribution is -2.22. The van der Waals surface area contributed by atoms with Gasteiger partial charge in [-0.3, -0.25) is 9.59 Å². The Labute approximate surface area is 141 Å². The van der Waals surface area contributed by atoms with Crippen LogP contribution >= 0.6 is 0 Å². The van der Waals surface area contributed by atoms with Crippen LogP contribution in [0.3, 0.4) is 0 Å². The molecule has 1 amide bonds. The van der Waals surface area contributed by atoms with Gasteiger partial charge in [-0.15, -0.1) is 0 Å². The largest absolute Gasteiger partial charge is 0.495 e. The number of anilines is 1. The maximum Gasteiger partial charge on any atom is 0.310 e. The van der Waals surface area contributed by atoms with Gasteiger partial charge in [-0.25, -0.2) is 0 Å². The minimum absolute atomic E-state index is 0.147. The fourth-order valence-electron chi connectivity index (χ4n) is 2.27. The third-order valence-corrected chi connectivity index (χ3v) is 3.59. The number of amides is 1. The molecule has 5 heteroatoms. The van der Waals surface area contributed by atoms with E-state index >= 15 is 0 Å². The average Bonchev–Trinajstić information content (AvgIpc) is 2.55. The lowest BCUT2D eigenvalue weighted by Gasteiger charge is -2.11. The first-order valence-corrected chi connectivity index (χ1v) is 7.64. The van der Waals surface area contributed by atoms with Crippen molar-refractivity contribution in [2.75, 3.05) is 19.0 Å². The number of nitrogens with one attached hydrogen (secondary N) is 1. The summed E-state index contributed by atoms with van der Waals surface area (Å²) in [4.78, 5) is 23.8. The van der Waals surface area contributed by atoms with E-state index in [0.717, 1.165) is 16.7 Å². The Hall–Kier alpha value is -2.82. The number of esters is 1. The zero-order chi connectivity index (χ0) is 17.5. The second-order valence-corrected chi connectivity index (χ2v) is 5.52. The first kappa shape index (κ1) is 17.5. The number of ether oxygens (including phenoxy) is 2. The van der Waals surface area contributed by atoms with Crippen molar-refractivity contribution < 1.29 is 19.1 Å². The van der Waals surface area contributed by atoms with Gasteiger partial charge < -0.3 is 14.8 Å². The second-order valence-electron chi connectivity index (χ2n) is 5.52. The lowest BCUT2D eigenvalue weighted by atomic mass is 10.1. The molecule has 0 radical (unpaired) electrons. The average molecular weight is 327 g/mol. The van der Waals surface area contributed by atoms with Gasteiger partial charge in [0.2, 0.25) is 0 Å². The van der Waals surface area contributed by atoms with E-state index in [1.54, 1.807) is 12.1 Å². The van der Waals surface area contributed by atoms with Gasteiger partial charge in [-0.2, -0.15) is 0 Å². The van der Waals surface area contributed by atoms with Gasteiger partial charge >= 0.3 is 5.97 Å². The molecule has 0 atom stereocenters. The molecule has 0 bridgehead atoms. The molecule has 1 N–H and O–H groups in total. The number of aryl methyl sites for hydroxylation is 2. The highest BCUT2D eigenvalue weighted by molar-refractivity contribution is 5.94. The van der Waals surface area contributed by atoms with Crippen molar-refractivity contribution >= 4 is 17.6 Å². The van der Waals surface area contributed by atoms with Crippen molar-refractivity contribution in [2.45, 2.75) is 20.3 Å². The normalized spacial score (nSPS) is 10.1. The SMILES string of the molecule is COc1ccc(C)cc1NC(=O)COC(=O)Cc1ccccc1C. The molecule has 24 heavy (non-hydrogen) atoms. The summed E-state index contributed by atoms with van der Waals surface area (Å²) >= 11 is 0. The molecule has 0 aliphatic heterocycles. The summed E-state index contributed by atoms with van der Waals surface area (Å²) in [6.45, 7) is 3.51. The summed E-state index contributed by atoms with van der Waals surface area (Å²) in [6.07, 6.45) is 0.147. The number of hydrogen-bond donors (Lipinski definition) is 1. The molecule has 2 aromatic carbocycles. The summed E-state index contributed by atoms with van der Waals surface area (Å²) in [6, 6.07) is 13.0. The highest BCUT2D eigenvalue weighted by Gasteiger charge is 2.12. The van der Waals surface area contributed by atoms with Crippen molar-refractivity contribution in [2.24, 2.45) is 0 Å². The zero-order valence-electron chi connectivity index (χ0n) is 14.1. The van der Waals surface area contributed by atoms with Crippen LogP contribution in [-0.2, 0) is 20.7 Å². The van der Waals surface area contributed by atoms with Crippen molar-refractivity contribution in [1.82, 2.24) is 0 Å². The molecule has 126 valence electrons. The zero-order valence-corrected chi connectivity index (χ0v) is 14.1. The van der Waals surface area contributed by atoms with Crippen LogP contribution in [-0.4, -0.2) is 25.6 Å². The third kappa shape index (κ3) is 4.84. The molecular formula is C19H21NO4. The van der Waals surface area contributed by atoms with Gasteiger partial charge in [-0.1, -0.05) is 30.3 Å². The van der Waals surface area contributed by atoms with E-state index in [1.165, 1.54) is 7.11 Å². The first-order valence-electron chi connectivity index (χ1n) is 7.64. The Morgan fingerprint density at radius 3 is 2.54 bits per heavy atom. The molecule has 0 fully saturated rings. The van der Waals surface area contributed by atoms with Crippen LogP contribution in [0.2, 0.25) is 0 Å². The Balaban J connectivity index is 1.88. The maximum atomic E-state index is 12.0. The maximum absolute atomic E-state index is 12.0. The first-order chi connectivity index (χ1) is 11.5. The fraction of sp³-hybridized carbons (Fsp3) is 0.263. The molecule has 0 aromatic heterocycles. The van der Waals surface area contributed by atoms with Crippen LogP contribution in [0.15, 0.2) is 42.5 Å². The van der Waals surface area contributed by atoms with Crippen molar-refractivity contribution in [3.8, 4) is 5.75 Å². The number of hydrogen-bond acceptors (Lipinski definition) is 4. The lowest BCUT2D eigenvalue weighted by molar-refractivity contribution is -0.146. The fourth-order valence-corrected chi connectivity index (χ4v) is 2.27. The Kier molecular flexibility index (Phi) is 5.95. The number of benzene rings is 2. The molecule has 0 unspecified atom stereocenters. The molecule has 2 aromatic rings. The van der Waals surface area contributed by atoms with Gasteiger partial charge in [-0.05, 0) is 42.7 Å². The monoisotopic (exact) mass is 327 g/mol. The van der Waals surface area contributed by atoms with E-state index in [2.05, 4.69) is 5.32 Å². The highest BCUT2D eigenvalue weighted by atomic mass is 16.5. The van der Waals surface area contributed by atoms with Crippen LogP contribution in [0.25, 0.3) is 0 Å². The Bertz CT molecular complexity index is 740. The third-order valence-electron chi connectivity index (χ3n) is 3.59. The Morgan fingerprint density at radius 1 is 1.08 bits per heavy atom. The molecular weight excluding hydrogens is 306 g/mol. The molecule has 0 aliphatic rings. The summed E-state index contributed by atoms with van der Waals surface area (Å²) in [5.41, 5.74) is 3.45. The summed E-state index contributed by atoms with van der Waals surface area (Å²) in [5, 5.41) is 2.69. The summed E-state index contributed by atoms with van der Waals surface area (Å²) in [5.74, 6) is -0.284. The number of carbonyl (C=O) groups is 2. The van der Waals surface area contributed by atoms with Crippen LogP contribution in [0.5, 0.6) is 5.75 Å². The molecule has 0 aliphatic carbocycles. The van der Waals surface area contributed by atoms with Crippen LogP contribution < -0.4 is 10.1 Å². The van der Waals surface area contributed by atoms with E-state index in [1.807, 2.05) is 44.2 Å². The van der Waals surface area contributed by atoms with Crippen LogP contribution in [0.4, 0.5) is 5.69 Å². The highest BCUT2D eigenvalue weighted by Crippen LogP contribution is 2.25. The van der Waals surface area contributed by atoms with Crippen molar-refractivity contribution in [3.05, 3.63) is 59.2 Å². The van der Waals surface area contributed by atoms with Crippen LogP contribution in [0.1, 0.15) is 16.7 Å². The quantitative estimate of drug-likeness (QED) is 0.828. The molecule has 0 saturated carbocycles. The minimum Gasteiger partial charge on any atom is -0.495 e. The topological polar surface area (TPSA) is 64.6 Å². The number of carbonyl (C=O) groups excluding carboxylic acids is 2. The Morgan fingerprint density at radius 2 is 1.83 bits per heavy atom. The summed E-state index contributed by atoms with van der Waals surface area (Å²) < 4.78 is 10.2. The van der Waals surface area contributed by atoms with Gasteiger partial charge in [0.15, 0.2) is 6.61 Å². The van der Waals surface area contributed by atoms with Gasteiger partial charge in [0.25, 0.3) is 5.91 Å².